The molecule has 2 aliphatic rings. The van der Waals surface area contributed by atoms with Gasteiger partial charge in [0.1, 0.15) is 6.23 Å². The molecule has 10 nitrogen and oxygen atoms in total. The van der Waals surface area contributed by atoms with E-state index in [2.05, 4.69) is 20.7 Å². The summed E-state index contributed by atoms with van der Waals surface area (Å²) in [5.41, 5.74) is 6.54. The number of nitrogens with two attached hydrogens (primary N) is 1. The number of nitrogens with one attached hydrogen (secondary N) is 3. The van der Waals surface area contributed by atoms with Gasteiger partial charge in [-0.15, -0.1) is 0 Å². The van der Waals surface area contributed by atoms with Gasteiger partial charge in [-0.3, -0.25) is 4.79 Å². The highest BCUT2D eigenvalue weighted by atomic mass is 16.5. The summed E-state index contributed by atoms with van der Waals surface area (Å²) >= 11 is 0. The summed E-state index contributed by atoms with van der Waals surface area (Å²) in [5.74, 6) is -0.483. The number of carbonyl (C=O) groups excluding carboxylic acids is 3. The Labute approximate surface area is 175 Å². The van der Waals surface area contributed by atoms with Crippen LogP contribution in [0.2, 0.25) is 0 Å². The molecule has 0 spiro atoms. The van der Waals surface area contributed by atoms with Gasteiger partial charge in [0.25, 0.3) is 0 Å². The van der Waals surface area contributed by atoms with E-state index in [0.29, 0.717) is 37.2 Å². The van der Waals surface area contributed by atoms with E-state index < -0.39 is 12.2 Å². The molecule has 2 aliphatic heterocycles. The molecule has 2 saturated heterocycles. The number of esters is 1. The summed E-state index contributed by atoms with van der Waals surface area (Å²) in [6.45, 7) is 0.981. The first-order valence-corrected chi connectivity index (χ1v) is 10.1. The van der Waals surface area contributed by atoms with E-state index in [1.165, 1.54) is 7.11 Å². The molecule has 164 valence electrons. The lowest BCUT2D eigenvalue weighted by atomic mass is 10.1. The summed E-state index contributed by atoms with van der Waals surface area (Å²) < 4.78 is 4.64. The minimum absolute atomic E-state index is 0.0183. The third-order valence-corrected chi connectivity index (χ3v) is 5.59. The maximum atomic E-state index is 12.7. The molecule has 0 bridgehead atoms. The van der Waals surface area contributed by atoms with Crippen LogP contribution in [0.15, 0.2) is 24.3 Å². The van der Waals surface area contributed by atoms with Crippen molar-refractivity contribution in [1.29, 1.82) is 0 Å². The average molecular weight is 419 g/mol. The molecule has 0 radical (unpaired) electrons. The molecular weight excluding hydrogens is 390 g/mol. The van der Waals surface area contributed by atoms with Crippen molar-refractivity contribution in [2.24, 2.45) is 5.73 Å². The zero-order valence-corrected chi connectivity index (χ0v) is 17.0. The van der Waals surface area contributed by atoms with Gasteiger partial charge in [-0.05, 0) is 49.9 Å². The molecule has 10 heteroatoms. The van der Waals surface area contributed by atoms with Gasteiger partial charge in [0.05, 0.1) is 24.8 Å². The quantitative estimate of drug-likeness (QED) is 0.322. The van der Waals surface area contributed by atoms with E-state index in [1.54, 1.807) is 29.2 Å². The van der Waals surface area contributed by atoms with Crippen molar-refractivity contribution in [3.63, 3.8) is 0 Å². The van der Waals surface area contributed by atoms with Crippen LogP contribution < -0.4 is 21.7 Å². The molecule has 3 amide bonds. The highest BCUT2D eigenvalue weighted by Gasteiger charge is 2.38. The Hall–Kier alpha value is -2.69. The third-order valence-electron chi connectivity index (χ3n) is 5.59. The number of amides is 3. The molecule has 0 saturated carbocycles. The summed E-state index contributed by atoms with van der Waals surface area (Å²) in [5, 5.41) is 18.4. The summed E-state index contributed by atoms with van der Waals surface area (Å²) in [7, 11) is 1.31. The monoisotopic (exact) mass is 419 g/mol. The molecule has 30 heavy (non-hydrogen) atoms. The van der Waals surface area contributed by atoms with Gasteiger partial charge in [0.15, 0.2) is 0 Å². The number of methoxy groups -OCH3 is 1. The van der Waals surface area contributed by atoms with Crippen LogP contribution in [0.25, 0.3) is 0 Å². The van der Waals surface area contributed by atoms with Crippen LogP contribution in [-0.2, 0) is 9.53 Å². The standard InChI is InChI=1S/C20H29N5O5/c1-30-19(28)12-4-6-13(7-5-12)24-20(29)22-11-14-8-9-15(23-14)18(27)25-10-2-3-16(25)17(21)26/h4-7,14-17,23,26H,2-3,8-11,21H2,1H3,(H2,22,24,29)/t14-,15+,16+,17?/m1/s1. The van der Waals surface area contributed by atoms with E-state index in [4.69, 9.17) is 5.73 Å². The number of rotatable bonds is 6. The first-order valence-electron chi connectivity index (χ1n) is 10.1. The minimum atomic E-state index is -1.03. The Kier molecular flexibility index (Phi) is 7.24. The van der Waals surface area contributed by atoms with Gasteiger partial charge in [0.2, 0.25) is 5.91 Å². The van der Waals surface area contributed by atoms with Gasteiger partial charge in [0, 0.05) is 24.8 Å². The lowest BCUT2D eigenvalue weighted by Crippen LogP contribution is -2.53. The normalized spacial score (nSPS) is 24.4. The zero-order chi connectivity index (χ0) is 21.7. The number of hydrogen-bond donors (Lipinski definition) is 5. The van der Waals surface area contributed by atoms with E-state index >= 15 is 0 Å². The van der Waals surface area contributed by atoms with Crippen LogP contribution in [0.1, 0.15) is 36.0 Å². The summed E-state index contributed by atoms with van der Waals surface area (Å²) in [6.07, 6.45) is 1.95. The molecule has 1 unspecified atom stereocenters. The van der Waals surface area contributed by atoms with Gasteiger partial charge in [-0.2, -0.15) is 0 Å². The maximum Gasteiger partial charge on any atom is 0.337 e. The maximum absolute atomic E-state index is 12.7. The number of ether oxygens (including phenoxy) is 1. The number of urea groups is 1. The highest BCUT2D eigenvalue weighted by Crippen LogP contribution is 2.23. The molecule has 2 fully saturated rings. The first kappa shape index (κ1) is 22.0. The summed E-state index contributed by atoms with van der Waals surface area (Å²) in [4.78, 5) is 38.0. The van der Waals surface area contributed by atoms with Crippen LogP contribution >= 0.6 is 0 Å². The number of aliphatic hydroxyl groups excluding tert-OH is 1. The van der Waals surface area contributed by atoms with Crippen LogP contribution in [0.5, 0.6) is 0 Å². The molecule has 2 heterocycles. The molecule has 4 atom stereocenters. The van der Waals surface area contributed by atoms with Crippen LogP contribution in [-0.4, -0.2) is 72.5 Å². The average Bonchev–Trinajstić information content (AvgIpc) is 3.41. The molecule has 0 aliphatic carbocycles. The van der Waals surface area contributed by atoms with Crippen molar-refractivity contribution in [2.45, 2.75) is 50.0 Å². The van der Waals surface area contributed by atoms with Crippen LogP contribution in [0, 0.1) is 0 Å². The zero-order valence-electron chi connectivity index (χ0n) is 17.0. The molecule has 1 aromatic rings. The number of aliphatic hydroxyl groups is 1. The van der Waals surface area contributed by atoms with Crippen LogP contribution in [0.4, 0.5) is 10.5 Å². The first-order chi connectivity index (χ1) is 14.4. The second-order valence-corrected chi connectivity index (χ2v) is 7.63. The SMILES string of the molecule is COC(=O)c1ccc(NC(=O)NC[C@H]2CC[C@@H](C(=O)N3CCC[C@H]3C(N)O)N2)cc1. The fourth-order valence-corrected chi connectivity index (χ4v) is 3.99. The van der Waals surface area contributed by atoms with Crippen molar-refractivity contribution in [1.82, 2.24) is 15.5 Å². The van der Waals surface area contributed by atoms with Crippen molar-refractivity contribution in [3.8, 4) is 0 Å². The highest BCUT2D eigenvalue weighted by molar-refractivity contribution is 5.92. The van der Waals surface area contributed by atoms with E-state index in [0.717, 1.165) is 12.8 Å². The minimum Gasteiger partial charge on any atom is -0.465 e. The topological polar surface area (TPSA) is 146 Å². The molecule has 0 aromatic heterocycles. The van der Waals surface area contributed by atoms with Gasteiger partial charge in [-0.25, -0.2) is 9.59 Å². The second-order valence-electron chi connectivity index (χ2n) is 7.63. The van der Waals surface area contributed by atoms with Gasteiger partial charge < -0.3 is 36.4 Å². The van der Waals surface area contributed by atoms with Gasteiger partial charge >= 0.3 is 12.0 Å². The molecule has 6 N–H and O–H groups in total. The number of benzene rings is 1. The Morgan fingerprint density at radius 1 is 1.27 bits per heavy atom. The molecule has 3 rings (SSSR count). The largest absolute Gasteiger partial charge is 0.465 e. The molecular formula is C20H29N5O5. The predicted octanol–water partition coefficient (Wildman–Crippen LogP) is -0.0166. The number of nitrogens with zero attached hydrogens (tertiary/aromatic N) is 1. The summed E-state index contributed by atoms with van der Waals surface area (Å²) in [6, 6.07) is 5.33. The second kappa shape index (κ2) is 9.88. The Morgan fingerprint density at radius 2 is 2.00 bits per heavy atom. The number of likely N-dealkylation sites (tertiary alicyclic amines) is 1. The van der Waals surface area contributed by atoms with Gasteiger partial charge in [-0.1, -0.05) is 0 Å². The van der Waals surface area contributed by atoms with Crippen molar-refractivity contribution < 1.29 is 24.2 Å². The Bertz CT molecular complexity index is 769. The van der Waals surface area contributed by atoms with E-state index in [-0.39, 0.29) is 30.1 Å². The van der Waals surface area contributed by atoms with E-state index in [1.807, 2.05) is 0 Å². The fraction of sp³-hybridized carbons (Fsp3) is 0.550. The lowest BCUT2D eigenvalue weighted by Gasteiger charge is -2.29. The third kappa shape index (κ3) is 5.26. The lowest BCUT2D eigenvalue weighted by molar-refractivity contribution is -0.136. The number of hydrogen-bond acceptors (Lipinski definition) is 7. The van der Waals surface area contributed by atoms with Crippen LogP contribution in [0.3, 0.4) is 0 Å². The van der Waals surface area contributed by atoms with Crippen molar-refractivity contribution in [3.05, 3.63) is 29.8 Å². The smallest absolute Gasteiger partial charge is 0.337 e. The van der Waals surface area contributed by atoms with E-state index in [9.17, 15) is 19.5 Å². The Morgan fingerprint density at radius 3 is 2.67 bits per heavy atom. The molecule has 1 aromatic carbocycles. The van der Waals surface area contributed by atoms with Crippen molar-refractivity contribution >= 4 is 23.6 Å². The number of carbonyl (C=O) groups is 3. The predicted molar refractivity (Wildman–Crippen MR) is 110 cm³/mol. The fourth-order valence-electron chi connectivity index (χ4n) is 3.99. The number of anilines is 1. The van der Waals surface area contributed by atoms with Crippen molar-refractivity contribution in [2.75, 3.05) is 25.5 Å². The Balaban J connectivity index is 1.43.